The van der Waals surface area contributed by atoms with Crippen LogP contribution in [-0.4, -0.2) is 144 Å². The summed E-state index contributed by atoms with van der Waals surface area (Å²) in [6, 6.07) is 0. The lowest BCUT2D eigenvalue weighted by Crippen LogP contribution is -2.54. The highest BCUT2D eigenvalue weighted by atomic mass is 19.1. The van der Waals surface area contributed by atoms with Crippen LogP contribution in [0, 0.1) is 11.8 Å². The van der Waals surface area contributed by atoms with Crippen LogP contribution < -0.4 is 0 Å². The van der Waals surface area contributed by atoms with Gasteiger partial charge in [-0.3, -0.25) is 0 Å². The molecule has 11 nitrogen and oxygen atoms in total. The summed E-state index contributed by atoms with van der Waals surface area (Å²) in [5, 5.41) is 0. The van der Waals surface area contributed by atoms with E-state index in [9.17, 15) is 4.39 Å². The standard InChI is InChI=1S/C15H30O4.C14H28O4.C13H25FO3.CH4/c1-7-8-16-14-12(6)19-13(9-17-10(2)3)15(14)18-11(4)5;1-9(2)16-8-12-14(18-10(3)4)13(15-6)11(5)7-17-12;1-8(2)15-7-11-13(17-9(3)4)12(14)10(5)6-16-11;/h10-15H,7-9H2,1-6H3;9-14H,7-8H2,1-6H3;8-13H,6-7H2,1-5H3;1H4/t12-,13+,14-,15+;11-,12-,13+,14-;10-,11-,12+,13-;/m011./s1. The van der Waals surface area contributed by atoms with Crippen molar-refractivity contribution in [3.05, 3.63) is 0 Å². The molecule has 55 heavy (non-hydrogen) atoms. The van der Waals surface area contributed by atoms with Crippen molar-refractivity contribution >= 4 is 0 Å². The number of halogens is 1. The molecule has 0 aromatic heterocycles. The van der Waals surface area contributed by atoms with Crippen LogP contribution >= 0.6 is 0 Å². The molecule has 3 aliphatic rings. The van der Waals surface area contributed by atoms with Crippen LogP contribution in [0.2, 0.25) is 0 Å². The minimum Gasteiger partial charge on any atom is -0.378 e. The van der Waals surface area contributed by atoms with Crippen molar-refractivity contribution in [1.82, 2.24) is 0 Å². The average molecular weight is 799 g/mol. The van der Waals surface area contributed by atoms with Gasteiger partial charge in [0.15, 0.2) is 0 Å². The Hall–Kier alpha value is -0.510. The van der Waals surface area contributed by atoms with Crippen molar-refractivity contribution in [3.8, 4) is 0 Å². The molecule has 0 aliphatic carbocycles. The average Bonchev–Trinajstić information content (AvgIpc) is 3.36. The Morgan fingerprint density at radius 3 is 1.36 bits per heavy atom. The molecule has 3 rings (SSSR count). The summed E-state index contributed by atoms with van der Waals surface area (Å²) in [6.07, 6.45) is -0.0134. The molecule has 0 amide bonds. The number of rotatable bonds is 19. The highest BCUT2D eigenvalue weighted by Crippen LogP contribution is 2.29. The predicted molar refractivity (Wildman–Crippen MR) is 218 cm³/mol. The van der Waals surface area contributed by atoms with Gasteiger partial charge < -0.3 is 52.1 Å². The molecule has 0 unspecified atom stereocenters. The van der Waals surface area contributed by atoms with Crippen molar-refractivity contribution in [2.75, 3.05) is 46.8 Å². The van der Waals surface area contributed by atoms with Gasteiger partial charge in [-0.25, -0.2) is 4.39 Å². The maximum atomic E-state index is 14.1. The molecule has 0 aromatic carbocycles. The third-order valence-corrected chi connectivity index (χ3v) is 9.02. The second-order valence-electron chi connectivity index (χ2n) is 16.7. The van der Waals surface area contributed by atoms with Crippen LogP contribution in [0.4, 0.5) is 4.39 Å². The Kier molecular flexibility index (Phi) is 28.6. The molecule has 3 aliphatic heterocycles. The topological polar surface area (TPSA) is 102 Å². The zero-order valence-corrected chi connectivity index (χ0v) is 37.2. The van der Waals surface area contributed by atoms with E-state index in [1.165, 1.54) is 0 Å². The van der Waals surface area contributed by atoms with Crippen LogP contribution in [-0.2, 0) is 52.1 Å². The predicted octanol–water partition coefficient (Wildman–Crippen LogP) is 8.26. The first-order valence-electron chi connectivity index (χ1n) is 20.8. The van der Waals surface area contributed by atoms with Gasteiger partial charge in [0, 0.05) is 25.6 Å². The largest absolute Gasteiger partial charge is 0.378 e. The highest BCUT2D eigenvalue weighted by Gasteiger charge is 2.45. The lowest BCUT2D eigenvalue weighted by atomic mass is 9.93. The molecule has 3 saturated heterocycles. The summed E-state index contributed by atoms with van der Waals surface area (Å²) in [5.74, 6) is 0.225. The van der Waals surface area contributed by atoms with Gasteiger partial charge in [0.25, 0.3) is 0 Å². The molecule has 0 bridgehead atoms. The number of ether oxygens (including phenoxy) is 11. The zero-order valence-electron chi connectivity index (χ0n) is 37.2. The van der Waals surface area contributed by atoms with Crippen LogP contribution in [0.25, 0.3) is 0 Å². The maximum Gasteiger partial charge on any atom is 0.134 e. The van der Waals surface area contributed by atoms with E-state index in [1.54, 1.807) is 7.11 Å². The van der Waals surface area contributed by atoms with Gasteiger partial charge in [-0.1, -0.05) is 28.2 Å². The molecule has 0 radical (unpaired) electrons. The van der Waals surface area contributed by atoms with Crippen LogP contribution in [0.3, 0.4) is 0 Å². The van der Waals surface area contributed by atoms with E-state index in [0.29, 0.717) is 39.0 Å². The number of methoxy groups -OCH3 is 1. The van der Waals surface area contributed by atoms with Gasteiger partial charge in [0.05, 0.1) is 81.9 Å². The van der Waals surface area contributed by atoms with Crippen LogP contribution in [0.1, 0.15) is 125 Å². The summed E-state index contributed by atoms with van der Waals surface area (Å²) in [7, 11) is 1.74. The van der Waals surface area contributed by atoms with E-state index in [1.807, 2.05) is 96.9 Å². The van der Waals surface area contributed by atoms with Crippen LogP contribution in [0.5, 0.6) is 0 Å². The van der Waals surface area contributed by atoms with Gasteiger partial charge in [-0.05, 0) is 96.4 Å². The molecule has 0 spiro atoms. The second kappa shape index (κ2) is 28.8. The second-order valence-corrected chi connectivity index (χ2v) is 16.7. The van der Waals surface area contributed by atoms with E-state index in [0.717, 1.165) is 13.0 Å². The van der Waals surface area contributed by atoms with Gasteiger partial charge in [0.2, 0.25) is 0 Å². The van der Waals surface area contributed by atoms with E-state index in [4.69, 9.17) is 52.1 Å². The van der Waals surface area contributed by atoms with Gasteiger partial charge in [-0.15, -0.1) is 0 Å². The van der Waals surface area contributed by atoms with Crippen LogP contribution in [0.15, 0.2) is 0 Å². The fourth-order valence-corrected chi connectivity index (χ4v) is 6.47. The Balaban J connectivity index is 0.000000789. The summed E-state index contributed by atoms with van der Waals surface area (Å²) < 4.78 is 77.5. The van der Waals surface area contributed by atoms with Crippen molar-refractivity contribution < 1.29 is 56.5 Å². The van der Waals surface area contributed by atoms with Crippen molar-refractivity contribution in [1.29, 1.82) is 0 Å². The van der Waals surface area contributed by atoms with Gasteiger partial charge in [0.1, 0.15) is 48.9 Å². The van der Waals surface area contributed by atoms with E-state index >= 15 is 0 Å². The normalized spacial score (nSPS) is 32.5. The fraction of sp³-hybridized carbons (Fsp3) is 1.00. The Morgan fingerprint density at radius 2 is 0.945 bits per heavy atom. The minimum absolute atomic E-state index is 0. The zero-order chi connectivity index (χ0) is 41.1. The van der Waals surface area contributed by atoms with Gasteiger partial charge in [-0.2, -0.15) is 0 Å². The first kappa shape index (κ1) is 54.5. The molecule has 0 saturated carbocycles. The van der Waals surface area contributed by atoms with Crippen molar-refractivity contribution in [2.45, 2.75) is 222 Å². The lowest BCUT2D eigenvalue weighted by molar-refractivity contribution is -0.215. The molecule has 3 fully saturated rings. The number of hydrogen-bond donors (Lipinski definition) is 0. The maximum absolute atomic E-state index is 14.1. The molecule has 332 valence electrons. The SMILES string of the molecule is C.CC(C)OC[C@H]1OC[C@@H](C)[C@H](F)[C@@H]1OC(C)C.CCCO[C@@H]1[C@H](OC(C)C)[C@@H](COC(C)C)O[C@H]1C.CO[C@@H]1[C@H](OC(C)C)[C@@H](COC(C)C)OC[C@H]1C. The summed E-state index contributed by atoms with van der Waals surface area (Å²) in [5.41, 5.74) is 0. The highest BCUT2D eigenvalue weighted by molar-refractivity contribution is 4.92. The Bertz CT molecular complexity index is 923. The quantitative estimate of drug-likeness (QED) is 0.126. The smallest absolute Gasteiger partial charge is 0.134 e. The molecular weight excluding hydrogens is 711 g/mol. The molecule has 3 heterocycles. The molecule has 12 atom stereocenters. The van der Waals surface area contributed by atoms with Gasteiger partial charge >= 0.3 is 0 Å². The Labute approximate surface area is 336 Å². The third kappa shape index (κ3) is 20.8. The first-order chi connectivity index (χ1) is 25.3. The monoisotopic (exact) mass is 799 g/mol. The molecule has 0 aromatic rings. The number of alkyl halides is 1. The van der Waals surface area contributed by atoms with E-state index in [2.05, 4.69) is 13.8 Å². The summed E-state index contributed by atoms with van der Waals surface area (Å²) in [6.45, 7) is 35.5. The lowest BCUT2D eigenvalue weighted by Gasteiger charge is -2.41. The molecule has 0 N–H and O–H groups in total. The minimum atomic E-state index is -0.980. The first-order valence-corrected chi connectivity index (χ1v) is 20.8. The van der Waals surface area contributed by atoms with Crippen molar-refractivity contribution in [3.63, 3.8) is 0 Å². The van der Waals surface area contributed by atoms with Crippen molar-refractivity contribution in [2.24, 2.45) is 11.8 Å². The van der Waals surface area contributed by atoms with E-state index in [-0.39, 0.29) is 98.8 Å². The summed E-state index contributed by atoms with van der Waals surface area (Å²) >= 11 is 0. The molecular formula is C43H87FO11. The number of hydrogen-bond acceptors (Lipinski definition) is 11. The third-order valence-electron chi connectivity index (χ3n) is 9.02. The fourth-order valence-electron chi connectivity index (χ4n) is 6.47. The van der Waals surface area contributed by atoms with E-state index < -0.39 is 12.3 Å². The molecule has 12 heteroatoms. The Morgan fingerprint density at radius 1 is 0.545 bits per heavy atom. The summed E-state index contributed by atoms with van der Waals surface area (Å²) in [4.78, 5) is 0.